The monoisotopic (exact) mass is 418 g/mol. The molecule has 0 saturated heterocycles. The highest BCUT2D eigenvalue weighted by Crippen LogP contribution is 2.30. The van der Waals surface area contributed by atoms with Gasteiger partial charge in [0, 0.05) is 6.54 Å². The summed E-state index contributed by atoms with van der Waals surface area (Å²) < 4.78 is 10.8. The van der Waals surface area contributed by atoms with Crippen LogP contribution in [-0.4, -0.2) is 25.5 Å². The summed E-state index contributed by atoms with van der Waals surface area (Å²) in [6, 6.07) is 13.9. The zero-order chi connectivity index (χ0) is 23.0. The molecule has 160 valence electrons. The Morgan fingerprint density at radius 1 is 1.13 bits per heavy atom. The molecule has 0 saturated carbocycles. The zero-order valence-corrected chi connectivity index (χ0v) is 18.2. The lowest BCUT2D eigenvalue weighted by Crippen LogP contribution is -2.24. The van der Waals surface area contributed by atoms with Crippen molar-refractivity contribution in [1.29, 1.82) is 5.26 Å². The largest absolute Gasteiger partial charge is 0.493 e. The van der Waals surface area contributed by atoms with Crippen molar-refractivity contribution in [3.8, 4) is 17.6 Å². The molecule has 0 aromatic heterocycles. The highest BCUT2D eigenvalue weighted by atomic mass is 16.6. The van der Waals surface area contributed by atoms with Crippen LogP contribution in [0.5, 0.6) is 11.5 Å². The summed E-state index contributed by atoms with van der Waals surface area (Å²) in [5.41, 5.74) is 2.01. The molecule has 0 aliphatic carbocycles. The number of nitriles is 1. The summed E-state index contributed by atoms with van der Waals surface area (Å²) in [6.07, 6.45) is 2.95. The first-order valence-electron chi connectivity index (χ1n) is 9.71. The molecular formula is C25H26N2O4. The Bertz CT molecular complexity index is 1040. The summed E-state index contributed by atoms with van der Waals surface area (Å²) in [5.74, 6) is -0.476. The number of rotatable bonds is 7. The van der Waals surface area contributed by atoms with Crippen molar-refractivity contribution >= 4 is 18.0 Å². The number of carbonyl (C=O) groups is 2. The van der Waals surface area contributed by atoms with E-state index in [1.54, 1.807) is 30.3 Å². The maximum atomic E-state index is 12.5. The quantitative estimate of drug-likeness (QED) is 0.236. The molecule has 0 aliphatic rings. The third-order valence-electron chi connectivity index (χ3n) is 4.46. The maximum Gasteiger partial charge on any atom is 0.343 e. The minimum absolute atomic E-state index is 0.0140. The minimum atomic E-state index is -0.511. The Labute approximate surface area is 182 Å². The standard InChI is InChI=1S/C25H26N2O4/c1-6-13-27-23(28)19(16-26)14-17-7-12-21(22(15-17)30-5)31-24(29)18-8-10-20(11-9-18)25(2,3)4/h6-12,14-15H,1,13H2,2-5H3,(H,27,28)/b19-14-. The number of ether oxygens (including phenoxy) is 2. The molecule has 6 heteroatoms. The van der Waals surface area contributed by atoms with Crippen molar-refractivity contribution in [3.05, 3.63) is 77.4 Å². The lowest BCUT2D eigenvalue weighted by Gasteiger charge is -2.19. The van der Waals surface area contributed by atoms with Crippen LogP contribution in [0.3, 0.4) is 0 Å². The molecule has 2 rings (SSSR count). The second-order valence-electron chi connectivity index (χ2n) is 7.80. The van der Waals surface area contributed by atoms with Gasteiger partial charge in [0.05, 0.1) is 12.7 Å². The molecule has 1 amide bonds. The van der Waals surface area contributed by atoms with E-state index in [0.717, 1.165) is 5.56 Å². The molecule has 0 bridgehead atoms. The number of hydrogen-bond acceptors (Lipinski definition) is 5. The van der Waals surface area contributed by atoms with E-state index in [-0.39, 0.29) is 23.3 Å². The first kappa shape index (κ1) is 23.4. The van der Waals surface area contributed by atoms with E-state index < -0.39 is 11.9 Å². The number of methoxy groups -OCH3 is 1. The second kappa shape index (κ2) is 10.3. The van der Waals surface area contributed by atoms with Crippen molar-refractivity contribution in [2.45, 2.75) is 26.2 Å². The summed E-state index contributed by atoms with van der Waals surface area (Å²) in [6.45, 7) is 10.1. The fraction of sp³-hybridized carbons (Fsp3) is 0.240. The van der Waals surface area contributed by atoms with Gasteiger partial charge in [-0.1, -0.05) is 45.0 Å². The number of esters is 1. The van der Waals surface area contributed by atoms with E-state index in [9.17, 15) is 14.9 Å². The Morgan fingerprint density at radius 2 is 1.81 bits per heavy atom. The highest BCUT2D eigenvalue weighted by Gasteiger charge is 2.17. The molecule has 0 fully saturated rings. The topological polar surface area (TPSA) is 88.4 Å². The predicted octanol–water partition coefficient (Wildman–Crippen LogP) is 4.42. The van der Waals surface area contributed by atoms with E-state index in [1.807, 2.05) is 18.2 Å². The summed E-state index contributed by atoms with van der Waals surface area (Å²) in [7, 11) is 1.44. The van der Waals surface area contributed by atoms with Crippen LogP contribution in [0.25, 0.3) is 6.08 Å². The molecular weight excluding hydrogens is 392 g/mol. The molecule has 2 aromatic carbocycles. The number of carbonyl (C=O) groups excluding carboxylic acids is 2. The van der Waals surface area contributed by atoms with Crippen LogP contribution >= 0.6 is 0 Å². The second-order valence-corrected chi connectivity index (χ2v) is 7.80. The summed E-state index contributed by atoms with van der Waals surface area (Å²) in [5, 5.41) is 11.8. The number of hydrogen-bond donors (Lipinski definition) is 1. The van der Waals surface area contributed by atoms with Crippen molar-refractivity contribution in [3.63, 3.8) is 0 Å². The van der Waals surface area contributed by atoms with Gasteiger partial charge in [-0.25, -0.2) is 4.79 Å². The molecule has 0 spiro atoms. The van der Waals surface area contributed by atoms with E-state index in [0.29, 0.717) is 16.9 Å². The lowest BCUT2D eigenvalue weighted by molar-refractivity contribution is -0.116. The van der Waals surface area contributed by atoms with Gasteiger partial charge in [-0.15, -0.1) is 6.58 Å². The first-order chi connectivity index (χ1) is 14.7. The van der Waals surface area contributed by atoms with Gasteiger partial charge < -0.3 is 14.8 Å². The van der Waals surface area contributed by atoms with Gasteiger partial charge in [0.2, 0.25) is 0 Å². The SMILES string of the molecule is C=CCNC(=O)/C(C#N)=C\c1ccc(OC(=O)c2ccc(C(C)(C)C)cc2)c(OC)c1. The Morgan fingerprint density at radius 3 is 2.35 bits per heavy atom. The van der Waals surface area contributed by atoms with E-state index >= 15 is 0 Å². The Balaban J connectivity index is 2.22. The van der Waals surface area contributed by atoms with E-state index in [4.69, 9.17) is 9.47 Å². The van der Waals surface area contributed by atoms with Gasteiger partial charge in [0.25, 0.3) is 5.91 Å². The minimum Gasteiger partial charge on any atom is -0.493 e. The number of nitrogens with zero attached hydrogens (tertiary/aromatic N) is 1. The molecule has 0 unspecified atom stereocenters. The van der Waals surface area contributed by atoms with Crippen molar-refractivity contribution in [2.24, 2.45) is 0 Å². The number of amides is 1. The molecule has 1 N–H and O–H groups in total. The first-order valence-corrected chi connectivity index (χ1v) is 9.71. The van der Waals surface area contributed by atoms with Crippen molar-refractivity contribution in [2.75, 3.05) is 13.7 Å². The van der Waals surface area contributed by atoms with E-state index in [1.165, 1.54) is 19.3 Å². The van der Waals surface area contributed by atoms with Gasteiger partial charge in [-0.2, -0.15) is 5.26 Å². The third-order valence-corrected chi connectivity index (χ3v) is 4.46. The van der Waals surface area contributed by atoms with Gasteiger partial charge >= 0.3 is 5.97 Å². The van der Waals surface area contributed by atoms with Crippen LogP contribution in [0.15, 0.2) is 60.7 Å². The van der Waals surface area contributed by atoms with Gasteiger partial charge in [-0.3, -0.25) is 4.79 Å². The van der Waals surface area contributed by atoms with Gasteiger partial charge in [0.15, 0.2) is 11.5 Å². The zero-order valence-electron chi connectivity index (χ0n) is 18.2. The normalized spacial score (nSPS) is 11.3. The molecule has 0 aliphatic heterocycles. The van der Waals surface area contributed by atoms with Crippen LogP contribution in [0.1, 0.15) is 42.3 Å². The smallest absolute Gasteiger partial charge is 0.343 e. The third kappa shape index (κ3) is 6.31. The lowest BCUT2D eigenvalue weighted by atomic mass is 9.87. The average Bonchev–Trinajstić information content (AvgIpc) is 2.75. The molecule has 0 heterocycles. The fourth-order valence-electron chi connectivity index (χ4n) is 2.70. The van der Waals surface area contributed by atoms with Crippen LogP contribution < -0.4 is 14.8 Å². The van der Waals surface area contributed by atoms with Gasteiger partial charge in [0.1, 0.15) is 11.6 Å². The maximum absolute atomic E-state index is 12.5. The van der Waals surface area contributed by atoms with Crippen LogP contribution in [0.2, 0.25) is 0 Å². The molecule has 0 atom stereocenters. The van der Waals surface area contributed by atoms with Crippen LogP contribution in [0.4, 0.5) is 0 Å². The molecule has 0 radical (unpaired) electrons. The Kier molecular flexibility index (Phi) is 7.75. The van der Waals surface area contributed by atoms with Crippen LogP contribution in [0, 0.1) is 11.3 Å². The molecule has 6 nitrogen and oxygen atoms in total. The van der Waals surface area contributed by atoms with E-state index in [2.05, 4.69) is 32.7 Å². The van der Waals surface area contributed by atoms with Crippen molar-refractivity contribution in [1.82, 2.24) is 5.32 Å². The Hall–Kier alpha value is -3.85. The molecule has 31 heavy (non-hydrogen) atoms. The molecule has 2 aromatic rings. The fourth-order valence-corrected chi connectivity index (χ4v) is 2.70. The highest BCUT2D eigenvalue weighted by molar-refractivity contribution is 6.01. The van der Waals surface area contributed by atoms with Crippen molar-refractivity contribution < 1.29 is 19.1 Å². The number of benzene rings is 2. The van der Waals surface area contributed by atoms with Crippen LogP contribution in [-0.2, 0) is 10.2 Å². The predicted molar refractivity (Wildman–Crippen MR) is 120 cm³/mol. The summed E-state index contributed by atoms with van der Waals surface area (Å²) in [4.78, 5) is 24.5. The van der Waals surface area contributed by atoms with Gasteiger partial charge in [-0.05, 0) is 46.9 Å². The number of nitrogens with one attached hydrogen (secondary N) is 1. The average molecular weight is 418 g/mol. The summed E-state index contributed by atoms with van der Waals surface area (Å²) >= 11 is 0.